The molecule has 0 aromatic carbocycles. The highest BCUT2D eigenvalue weighted by atomic mass is 32.2. The first-order valence-electron chi connectivity index (χ1n) is 6.33. The van der Waals surface area contributed by atoms with Crippen molar-refractivity contribution in [2.45, 2.75) is 19.8 Å². The number of thioether (sulfide) groups is 1. The van der Waals surface area contributed by atoms with Gasteiger partial charge in [-0.25, -0.2) is 0 Å². The molecule has 2 saturated heterocycles. The first kappa shape index (κ1) is 12.2. The summed E-state index contributed by atoms with van der Waals surface area (Å²) in [6, 6.07) is 0. The van der Waals surface area contributed by atoms with E-state index in [9.17, 15) is 4.79 Å². The van der Waals surface area contributed by atoms with E-state index in [0.29, 0.717) is 5.92 Å². The summed E-state index contributed by atoms with van der Waals surface area (Å²) in [5, 5.41) is 6.41. The van der Waals surface area contributed by atoms with E-state index < -0.39 is 0 Å². The fourth-order valence-corrected chi connectivity index (χ4v) is 3.69. The lowest BCUT2D eigenvalue weighted by Crippen LogP contribution is -2.37. The number of hydrogen-bond donors (Lipinski definition) is 2. The number of hydrogen-bond acceptors (Lipinski definition) is 3. The van der Waals surface area contributed by atoms with Crippen LogP contribution in [0.3, 0.4) is 0 Å². The van der Waals surface area contributed by atoms with Gasteiger partial charge in [-0.15, -0.1) is 0 Å². The van der Waals surface area contributed by atoms with E-state index in [0.717, 1.165) is 25.6 Å². The fraction of sp³-hybridized carbons (Fsp3) is 0.917. The quantitative estimate of drug-likeness (QED) is 0.779. The molecule has 92 valence electrons. The summed E-state index contributed by atoms with van der Waals surface area (Å²) in [7, 11) is 0. The van der Waals surface area contributed by atoms with Crippen LogP contribution in [0.25, 0.3) is 0 Å². The van der Waals surface area contributed by atoms with Crippen molar-refractivity contribution in [1.29, 1.82) is 0 Å². The zero-order valence-electron chi connectivity index (χ0n) is 10.00. The molecule has 0 aliphatic carbocycles. The van der Waals surface area contributed by atoms with Gasteiger partial charge in [0.2, 0.25) is 5.91 Å². The van der Waals surface area contributed by atoms with Crippen molar-refractivity contribution < 1.29 is 4.79 Å². The summed E-state index contributed by atoms with van der Waals surface area (Å²) >= 11 is 2.04. The van der Waals surface area contributed by atoms with Crippen LogP contribution in [0.1, 0.15) is 19.8 Å². The van der Waals surface area contributed by atoms with Gasteiger partial charge in [0.15, 0.2) is 0 Å². The molecule has 2 aliphatic heterocycles. The van der Waals surface area contributed by atoms with Gasteiger partial charge in [0.1, 0.15) is 0 Å². The molecule has 0 saturated carbocycles. The molecule has 0 radical (unpaired) electrons. The Hall–Kier alpha value is -0.220. The van der Waals surface area contributed by atoms with Crippen molar-refractivity contribution in [3.05, 3.63) is 0 Å². The topological polar surface area (TPSA) is 41.1 Å². The summed E-state index contributed by atoms with van der Waals surface area (Å²) in [5.74, 6) is 4.19. The van der Waals surface area contributed by atoms with Gasteiger partial charge in [-0.2, -0.15) is 11.8 Å². The van der Waals surface area contributed by atoms with E-state index in [1.807, 2.05) is 11.8 Å². The zero-order chi connectivity index (χ0) is 11.4. The Morgan fingerprint density at radius 3 is 2.75 bits per heavy atom. The Kier molecular flexibility index (Phi) is 4.53. The molecule has 2 aliphatic rings. The lowest BCUT2D eigenvalue weighted by Gasteiger charge is -2.23. The highest BCUT2D eigenvalue weighted by molar-refractivity contribution is 7.99. The molecule has 16 heavy (non-hydrogen) atoms. The van der Waals surface area contributed by atoms with Crippen LogP contribution < -0.4 is 10.6 Å². The van der Waals surface area contributed by atoms with Gasteiger partial charge in [0, 0.05) is 13.1 Å². The largest absolute Gasteiger partial charge is 0.356 e. The summed E-state index contributed by atoms with van der Waals surface area (Å²) in [6.07, 6.45) is 2.53. The second-order valence-corrected chi connectivity index (χ2v) is 6.27. The van der Waals surface area contributed by atoms with Gasteiger partial charge in [0.05, 0.1) is 5.92 Å². The van der Waals surface area contributed by atoms with Crippen LogP contribution in [0, 0.1) is 17.8 Å². The standard InChI is InChI=1S/C12H22N2OS/c1-9-6-13-8-11(9)12(15)14-7-10-2-4-16-5-3-10/h9-11,13H,2-8H2,1H3,(H,14,15). The summed E-state index contributed by atoms with van der Waals surface area (Å²) < 4.78 is 0. The normalized spacial score (nSPS) is 31.6. The molecule has 2 atom stereocenters. The maximum Gasteiger partial charge on any atom is 0.224 e. The number of nitrogens with one attached hydrogen (secondary N) is 2. The highest BCUT2D eigenvalue weighted by Crippen LogP contribution is 2.22. The number of rotatable bonds is 3. The van der Waals surface area contributed by atoms with E-state index in [-0.39, 0.29) is 11.8 Å². The Labute approximate surface area is 102 Å². The molecule has 4 heteroatoms. The minimum Gasteiger partial charge on any atom is -0.356 e. The van der Waals surface area contributed by atoms with Crippen molar-refractivity contribution in [2.24, 2.45) is 17.8 Å². The third kappa shape index (κ3) is 3.14. The van der Waals surface area contributed by atoms with Gasteiger partial charge in [-0.05, 0) is 42.7 Å². The van der Waals surface area contributed by atoms with Crippen LogP contribution in [0.2, 0.25) is 0 Å². The zero-order valence-corrected chi connectivity index (χ0v) is 10.8. The van der Waals surface area contributed by atoms with Crippen LogP contribution in [-0.2, 0) is 4.79 Å². The molecule has 1 amide bonds. The Morgan fingerprint density at radius 1 is 1.38 bits per heavy atom. The SMILES string of the molecule is CC1CNCC1C(=O)NCC1CCSCC1. The molecule has 2 heterocycles. The van der Waals surface area contributed by atoms with Crippen LogP contribution >= 0.6 is 11.8 Å². The Balaban J connectivity index is 1.70. The maximum absolute atomic E-state index is 11.9. The molecular formula is C12H22N2OS. The summed E-state index contributed by atoms with van der Waals surface area (Å²) in [6.45, 7) is 4.88. The molecule has 2 N–H and O–H groups in total. The van der Waals surface area contributed by atoms with Gasteiger partial charge >= 0.3 is 0 Å². The van der Waals surface area contributed by atoms with Crippen molar-refractivity contribution in [3.8, 4) is 0 Å². The molecule has 2 rings (SSSR count). The van der Waals surface area contributed by atoms with Crippen molar-refractivity contribution in [3.63, 3.8) is 0 Å². The summed E-state index contributed by atoms with van der Waals surface area (Å²) in [5.41, 5.74) is 0. The molecule has 0 bridgehead atoms. The maximum atomic E-state index is 11.9. The Morgan fingerprint density at radius 2 is 2.12 bits per heavy atom. The fourth-order valence-electron chi connectivity index (χ4n) is 2.49. The van der Waals surface area contributed by atoms with Gasteiger partial charge < -0.3 is 10.6 Å². The smallest absolute Gasteiger partial charge is 0.224 e. The number of amides is 1. The highest BCUT2D eigenvalue weighted by Gasteiger charge is 2.29. The van der Waals surface area contributed by atoms with Crippen LogP contribution in [0.15, 0.2) is 0 Å². The van der Waals surface area contributed by atoms with Gasteiger partial charge in [-0.3, -0.25) is 4.79 Å². The summed E-state index contributed by atoms with van der Waals surface area (Å²) in [4.78, 5) is 11.9. The predicted molar refractivity (Wildman–Crippen MR) is 68.6 cm³/mol. The van der Waals surface area contributed by atoms with E-state index in [1.165, 1.54) is 24.3 Å². The first-order valence-corrected chi connectivity index (χ1v) is 7.49. The average molecular weight is 242 g/mol. The van der Waals surface area contributed by atoms with E-state index in [2.05, 4.69) is 17.6 Å². The minimum atomic E-state index is 0.193. The van der Waals surface area contributed by atoms with Crippen LogP contribution in [-0.4, -0.2) is 37.0 Å². The minimum absolute atomic E-state index is 0.193. The first-order chi connectivity index (χ1) is 7.77. The molecule has 0 aromatic heterocycles. The monoisotopic (exact) mass is 242 g/mol. The third-order valence-electron chi connectivity index (χ3n) is 3.76. The number of carbonyl (C=O) groups is 1. The average Bonchev–Trinajstić information content (AvgIpc) is 2.74. The Bertz CT molecular complexity index is 241. The molecule has 2 unspecified atom stereocenters. The van der Waals surface area contributed by atoms with E-state index in [1.54, 1.807) is 0 Å². The lowest BCUT2D eigenvalue weighted by molar-refractivity contribution is -0.125. The van der Waals surface area contributed by atoms with Crippen molar-refractivity contribution >= 4 is 17.7 Å². The molecule has 3 nitrogen and oxygen atoms in total. The molecule has 0 aromatic rings. The van der Waals surface area contributed by atoms with E-state index >= 15 is 0 Å². The van der Waals surface area contributed by atoms with Crippen LogP contribution in [0.4, 0.5) is 0 Å². The van der Waals surface area contributed by atoms with Gasteiger partial charge in [-0.1, -0.05) is 6.92 Å². The third-order valence-corrected chi connectivity index (χ3v) is 4.81. The lowest BCUT2D eigenvalue weighted by atomic mass is 9.96. The van der Waals surface area contributed by atoms with Crippen molar-refractivity contribution in [2.75, 3.05) is 31.1 Å². The predicted octanol–water partition coefficient (Wildman–Crippen LogP) is 1.10. The van der Waals surface area contributed by atoms with E-state index in [4.69, 9.17) is 0 Å². The second-order valence-electron chi connectivity index (χ2n) is 5.04. The molecule has 2 fully saturated rings. The van der Waals surface area contributed by atoms with Crippen molar-refractivity contribution in [1.82, 2.24) is 10.6 Å². The van der Waals surface area contributed by atoms with Crippen LogP contribution in [0.5, 0.6) is 0 Å². The molecule has 0 spiro atoms. The van der Waals surface area contributed by atoms with Gasteiger partial charge in [0.25, 0.3) is 0 Å². The molecular weight excluding hydrogens is 220 g/mol. The second kappa shape index (κ2) is 5.92. The number of carbonyl (C=O) groups excluding carboxylic acids is 1.